The summed E-state index contributed by atoms with van der Waals surface area (Å²) in [4.78, 5) is 4.13. The first-order valence-electron chi connectivity index (χ1n) is 7.03. The Labute approximate surface area is 121 Å². The van der Waals surface area contributed by atoms with Crippen LogP contribution in [0.5, 0.6) is 5.75 Å². The normalized spacial score (nSPS) is 12.1. The summed E-state index contributed by atoms with van der Waals surface area (Å²) in [6.07, 6.45) is 5.77. The van der Waals surface area contributed by atoms with Gasteiger partial charge < -0.3 is 10.1 Å². The van der Waals surface area contributed by atoms with E-state index in [2.05, 4.69) is 35.4 Å². The molecule has 1 heterocycles. The van der Waals surface area contributed by atoms with Gasteiger partial charge in [0.15, 0.2) is 0 Å². The highest BCUT2D eigenvalue weighted by Gasteiger charge is 2.03. The Morgan fingerprint density at radius 1 is 1.15 bits per heavy atom. The first-order valence-corrected chi connectivity index (χ1v) is 7.03. The molecule has 0 aliphatic rings. The molecule has 3 heteroatoms. The lowest BCUT2D eigenvalue weighted by molar-refractivity contribution is 0.414. The number of ether oxygens (including phenoxy) is 1. The number of pyridine rings is 1. The molecule has 3 nitrogen and oxygen atoms in total. The van der Waals surface area contributed by atoms with E-state index < -0.39 is 0 Å². The predicted octanol–water partition coefficient (Wildman–Crippen LogP) is 2.85. The van der Waals surface area contributed by atoms with Crippen molar-refractivity contribution < 1.29 is 4.74 Å². The number of benzene rings is 1. The zero-order valence-electron chi connectivity index (χ0n) is 12.2. The van der Waals surface area contributed by atoms with Crippen LogP contribution in [0.1, 0.15) is 18.1 Å². The number of rotatable bonds is 7. The molecule has 1 aromatic carbocycles. The van der Waals surface area contributed by atoms with Crippen LogP contribution in [0.3, 0.4) is 0 Å². The third kappa shape index (κ3) is 4.67. The van der Waals surface area contributed by atoms with Crippen LogP contribution in [-0.4, -0.2) is 24.7 Å². The minimum atomic E-state index is 0.458. The molecule has 0 saturated carbocycles. The smallest absolute Gasteiger partial charge is 0.118 e. The van der Waals surface area contributed by atoms with Crippen molar-refractivity contribution in [2.75, 3.05) is 13.7 Å². The van der Waals surface area contributed by atoms with Crippen molar-refractivity contribution in [2.24, 2.45) is 0 Å². The van der Waals surface area contributed by atoms with Crippen molar-refractivity contribution in [3.63, 3.8) is 0 Å². The van der Waals surface area contributed by atoms with Crippen LogP contribution in [0, 0.1) is 0 Å². The Morgan fingerprint density at radius 2 is 1.95 bits per heavy atom. The molecule has 0 fully saturated rings. The van der Waals surface area contributed by atoms with Crippen LogP contribution in [0.2, 0.25) is 0 Å². The summed E-state index contributed by atoms with van der Waals surface area (Å²) < 4.78 is 5.17. The second-order valence-electron chi connectivity index (χ2n) is 5.02. The lowest BCUT2D eigenvalue weighted by atomic mass is 10.1. The Kier molecular flexibility index (Phi) is 5.56. The van der Waals surface area contributed by atoms with Gasteiger partial charge in [0.05, 0.1) is 7.11 Å². The number of methoxy groups -OCH3 is 1. The maximum Gasteiger partial charge on any atom is 0.118 e. The summed E-state index contributed by atoms with van der Waals surface area (Å²) >= 11 is 0. The van der Waals surface area contributed by atoms with Crippen LogP contribution in [-0.2, 0) is 12.8 Å². The molecular formula is C17H22N2O. The lowest BCUT2D eigenvalue weighted by Gasteiger charge is -2.14. The van der Waals surface area contributed by atoms with E-state index in [1.165, 1.54) is 11.1 Å². The number of hydrogen-bond donors (Lipinski definition) is 1. The van der Waals surface area contributed by atoms with Gasteiger partial charge >= 0.3 is 0 Å². The van der Waals surface area contributed by atoms with Gasteiger partial charge in [-0.3, -0.25) is 4.98 Å². The van der Waals surface area contributed by atoms with Gasteiger partial charge in [0.2, 0.25) is 0 Å². The monoisotopic (exact) mass is 270 g/mol. The molecule has 1 N–H and O–H groups in total. The Bertz CT molecular complexity index is 496. The molecule has 0 aliphatic heterocycles. The molecule has 1 atom stereocenters. The molecule has 0 aliphatic carbocycles. The van der Waals surface area contributed by atoms with Crippen LogP contribution in [0.25, 0.3) is 0 Å². The third-order valence-corrected chi connectivity index (χ3v) is 3.33. The largest absolute Gasteiger partial charge is 0.497 e. The first-order chi connectivity index (χ1) is 9.78. The fraction of sp³-hybridized carbons (Fsp3) is 0.353. The van der Waals surface area contributed by atoms with Crippen molar-refractivity contribution in [1.82, 2.24) is 10.3 Å². The average Bonchev–Trinajstić information content (AvgIpc) is 2.49. The summed E-state index contributed by atoms with van der Waals surface area (Å²) in [6.45, 7) is 3.19. The van der Waals surface area contributed by atoms with E-state index in [0.29, 0.717) is 6.04 Å². The maximum absolute atomic E-state index is 5.17. The number of hydrogen-bond acceptors (Lipinski definition) is 3. The highest BCUT2D eigenvalue weighted by atomic mass is 16.5. The van der Waals surface area contributed by atoms with Crippen LogP contribution >= 0.6 is 0 Å². The summed E-state index contributed by atoms with van der Waals surface area (Å²) in [6, 6.07) is 12.8. The first kappa shape index (κ1) is 14.5. The number of nitrogens with zero attached hydrogens (tertiary/aromatic N) is 1. The van der Waals surface area contributed by atoms with Crippen LogP contribution in [0.15, 0.2) is 48.8 Å². The summed E-state index contributed by atoms with van der Waals surface area (Å²) in [5.41, 5.74) is 2.60. The lowest BCUT2D eigenvalue weighted by Crippen LogP contribution is -2.29. The van der Waals surface area contributed by atoms with Gasteiger partial charge in [0, 0.05) is 18.4 Å². The molecule has 0 saturated heterocycles. The van der Waals surface area contributed by atoms with Crippen molar-refractivity contribution in [1.29, 1.82) is 0 Å². The Hall–Kier alpha value is -1.87. The maximum atomic E-state index is 5.17. The summed E-state index contributed by atoms with van der Waals surface area (Å²) in [5.74, 6) is 0.908. The van der Waals surface area contributed by atoms with Crippen LogP contribution < -0.4 is 10.1 Å². The van der Waals surface area contributed by atoms with E-state index in [4.69, 9.17) is 4.74 Å². The minimum absolute atomic E-state index is 0.458. The molecule has 20 heavy (non-hydrogen) atoms. The summed E-state index contributed by atoms with van der Waals surface area (Å²) in [5, 5.41) is 3.55. The van der Waals surface area contributed by atoms with E-state index in [9.17, 15) is 0 Å². The molecule has 1 aromatic heterocycles. The van der Waals surface area contributed by atoms with E-state index >= 15 is 0 Å². The van der Waals surface area contributed by atoms with E-state index in [1.54, 1.807) is 7.11 Å². The highest BCUT2D eigenvalue weighted by Crippen LogP contribution is 2.12. The molecule has 0 spiro atoms. The molecule has 0 radical (unpaired) electrons. The average molecular weight is 270 g/mol. The zero-order chi connectivity index (χ0) is 14.2. The zero-order valence-corrected chi connectivity index (χ0v) is 12.2. The van der Waals surface area contributed by atoms with Gasteiger partial charge in [-0.25, -0.2) is 0 Å². The fourth-order valence-electron chi connectivity index (χ4n) is 2.20. The van der Waals surface area contributed by atoms with Gasteiger partial charge in [0.25, 0.3) is 0 Å². The van der Waals surface area contributed by atoms with Gasteiger partial charge in [-0.1, -0.05) is 18.2 Å². The molecular weight excluding hydrogens is 248 g/mol. The second kappa shape index (κ2) is 7.65. The van der Waals surface area contributed by atoms with E-state index in [-0.39, 0.29) is 0 Å². The quantitative estimate of drug-likeness (QED) is 0.840. The number of nitrogens with one attached hydrogen (secondary N) is 1. The second-order valence-corrected chi connectivity index (χ2v) is 5.02. The van der Waals surface area contributed by atoms with Crippen molar-refractivity contribution in [3.8, 4) is 5.75 Å². The minimum Gasteiger partial charge on any atom is -0.497 e. The fourth-order valence-corrected chi connectivity index (χ4v) is 2.20. The molecule has 2 aromatic rings. The van der Waals surface area contributed by atoms with Crippen molar-refractivity contribution >= 4 is 0 Å². The standard InChI is InChI=1S/C17H22N2O/c1-14(12-15-5-7-17(20-2)8-6-15)19-11-9-16-4-3-10-18-13-16/h3-8,10,13-14,19H,9,11-12H2,1-2H3. The molecule has 106 valence electrons. The number of aromatic nitrogens is 1. The molecule has 1 unspecified atom stereocenters. The molecule has 2 rings (SSSR count). The third-order valence-electron chi connectivity index (χ3n) is 3.33. The summed E-state index contributed by atoms with van der Waals surface area (Å²) in [7, 11) is 1.69. The van der Waals surface area contributed by atoms with Crippen LogP contribution in [0.4, 0.5) is 0 Å². The molecule has 0 bridgehead atoms. The van der Waals surface area contributed by atoms with Gasteiger partial charge in [-0.05, 0) is 55.6 Å². The van der Waals surface area contributed by atoms with Gasteiger partial charge in [0.1, 0.15) is 5.75 Å². The van der Waals surface area contributed by atoms with Gasteiger partial charge in [-0.15, -0.1) is 0 Å². The molecule has 0 amide bonds. The van der Waals surface area contributed by atoms with E-state index in [0.717, 1.165) is 25.1 Å². The van der Waals surface area contributed by atoms with E-state index in [1.807, 2.05) is 30.6 Å². The van der Waals surface area contributed by atoms with Gasteiger partial charge in [-0.2, -0.15) is 0 Å². The SMILES string of the molecule is COc1ccc(CC(C)NCCc2cccnc2)cc1. The van der Waals surface area contributed by atoms with Crippen molar-refractivity contribution in [3.05, 3.63) is 59.9 Å². The predicted molar refractivity (Wildman–Crippen MR) is 82.1 cm³/mol. The highest BCUT2D eigenvalue weighted by molar-refractivity contribution is 5.27. The topological polar surface area (TPSA) is 34.1 Å². The Balaban J connectivity index is 1.73. The van der Waals surface area contributed by atoms with Crippen molar-refractivity contribution in [2.45, 2.75) is 25.8 Å². The Morgan fingerprint density at radius 3 is 2.60 bits per heavy atom.